The highest BCUT2D eigenvalue weighted by Gasteiger charge is 1.94. The van der Waals surface area contributed by atoms with Gasteiger partial charge in [-0.3, -0.25) is 10.9 Å². The number of hydrazine groups is 1. The molecule has 0 unspecified atom stereocenters. The van der Waals surface area contributed by atoms with Crippen molar-refractivity contribution in [1.82, 2.24) is 10.9 Å². The summed E-state index contributed by atoms with van der Waals surface area (Å²) < 4.78 is 0. The van der Waals surface area contributed by atoms with Gasteiger partial charge in [0.25, 0.3) is 0 Å². The molecule has 27 heavy (non-hydrogen) atoms. The number of rotatable bonds is 11. The molecule has 2 aromatic rings. The van der Waals surface area contributed by atoms with Gasteiger partial charge in [-0.25, -0.2) is 0 Å². The molecule has 0 radical (unpaired) electrons. The molecular formula is C24H27N3. The van der Waals surface area contributed by atoms with E-state index in [1.165, 1.54) is 6.21 Å². The Labute approximate surface area is 162 Å². The molecule has 0 fully saturated rings. The first kappa shape index (κ1) is 20.3. The highest BCUT2D eigenvalue weighted by atomic mass is 15.3. The van der Waals surface area contributed by atoms with Crippen LogP contribution in [0.2, 0.25) is 0 Å². The van der Waals surface area contributed by atoms with E-state index in [1.54, 1.807) is 0 Å². The maximum Gasteiger partial charge on any atom is 0.0284 e. The van der Waals surface area contributed by atoms with Gasteiger partial charge in [0.15, 0.2) is 0 Å². The third-order valence-electron chi connectivity index (χ3n) is 3.92. The van der Waals surface area contributed by atoms with E-state index >= 15 is 0 Å². The Morgan fingerprint density at radius 1 is 0.889 bits per heavy atom. The fourth-order valence-electron chi connectivity index (χ4n) is 2.45. The van der Waals surface area contributed by atoms with Gasteiger partial charge in [0.2, 0.25) is 0 Å². The van der Waals surface area contributed by atoms with Crippen molar-refractivity contribution < 1.29 is 0 Å². The molecule has 0 bridgehead atoms. The molecule has 0 aliphatic heterocycles. The van der Waals surface area contributed by atoms with Crippen LogP contribution >= 0.6 is 0 Å². The van der Waals surface area contributed by atoms with Crippen molar-refractivity contribution in [2.45, 2.75) is 6.42 Å². The average Bonchev–Trinajstić information content (AvgIpc) is 2.73. The Balaban J connectivity index is 1.61. The summed E-state index contributed by atoms with van der Waals surface area (Å²) in [6.07, 6.45) is 12.4. The van der Waals surface area contributed by atoms with E-state index in [4.69, 9.17) is 5.41 Å². The largest absolute Gasteiger partial charge is 0.308 e. The van der Waals surface area contributed by atoms with Gasteiger partial charge in [-0.15, -0.1) is 0 Å². The molecular weight excluding hydrogens is 330 g/mol. The van der Waals surface area contributed by atoms with E-state index in [0.717, 1.165) is 41.8 Å². The number of allylic oxidation sites excluding steroid dienone is 5. The van der Waals surface area contributed by atoms with Gasteiger partial charge in [-0.05, 0) is 28.7 Å². The molecule has 2 aromatic carbocycles. The molecule has 3 N–H and O–H groups in total. The fraction of sp³-hybridized carbons (Fsp3) is 0.125. The molecule has 3 heteroatoms. The summed E-state index contributed by atoms with van der Waals surface area (Å²) in [6.45, 7) is 5.65. The van der Waals surface area contributed by atoms with Gasteiger partial charge in [0, 0.05) is 19.3 Å². The first-order chi connectivity index (χ1) is 13.3. The lowest BCUT2D eigenvalue weighted by atomic mass is 10.1. The number of hydrogen-bond donors (Lipinski definition) is 3. The van der Waals surface area contributed by atoms with Crippen LogP contribution in [0.3, 0.4) is 0 Å². The molecule has 2 rings (SSSR count). The number of hydrogen-bond acceptors (Lipinski definition) is 3. The van der Waals surface area contributed by atoms with Gasteiger partial charge >= 0.3 is 0 Å². The molecule has 0 saturated heterocycles. The summed E-state index contributed by atoms with van der Waals surface area (Å²) in [5, 5.41) is 7.53. The molecule has 0 aromatic heterocycles. The van der Waals surface area contributed by atoms with E-state index in [9.17, 15) is 0 Å². The molecule has 0 heterocycles. The summed E-state index contributed by atoms with van der Waals surface area (Å²) in [5.74, 6) is 0. The lowest BCUT2D eigenvalue weighted by Crippen LogP contribution is -2.32. The average molecular weight is 358 g/mol. The third kappa shape index (κ3) is 7.82. The summed E-state index contributed by atoms with van der Waals surface area (Å²) >= 11 is 0. The standard InChI is InChI=1S/C24H27N3/c1-21(22-13-4-2-5-14-22)12-8-10-18-26-27-19-11-9-17-24(20-25)23-15-6-3-7-16-23/h2-9,11-17,20,25-27H,1,10,18-19H2/b11-9+,12-8-,24-17+,25-20?. The van der Waals surface area contributed by atoms with Crippen LogP contribution in [0.4, 0.5) is 0 Å². The number of benzene rings is 2. The van der Waals surface area contributed by atoms with Crippen LogP contribution < -0.4 is 10.9 Å². The molecule has 0 amide bonds. The monoisotopic (exact) mass is 357 g/mol. The highest BCUT2D eigenvalue weighted by molar-refractivity contribution is 6.08. The predicted molar refractivity (Wildman–Crippen MR) is 118 cm³/mol. The Morgan fingerprint density at radius 2 is 1.56 bits per heavy atom. The van der Waals surface area contributed by atoms with Crippen LogP contribution in [0.1, 0.15) is 17.5 Å². The van der Waals surface area contributed by atoms with Crippen molar-refractivity contribution in [2.24, 2.45) is 0 Å². The normalized spacial score (nSPS) is 11.9. The highest BCUT2D eigenvalue weighted by Crippen LogP contribution is 2.13. The summed E-state index contributed by atoms with van der Waals surface area (Å²) in [4.78, 5) is 0. The maximum atomic E-state index is 7.53. The van der Waals surface area contributed by atoms with Crippen LogP contribution in [0, 0.1) is 5.41 Å². The van der Waals surface area contributed by atoms with E-state index in [2.05, 4.69) is 41.7 Å². The van der Waals surface area contributed by atoms with E-state index < -0.39 is 0 Å². The van der Waals surface area contributed by atoms with Crippen LogP contribution in [-0.2, 0) is 0 Å². The SMILES string of the molecule is C=C(/C=C\CCNNC/C=C/C=C(\C=N)c1ccccc1)c1ccccc1. The quantitative estimate of drug-likeness (QED) is 0.229. The third-order valence-corrected chi connectivity index (χ3v) is 3.92. The summed E-state index contributed by atoms with van der Waals surface area (Å²) in [6, 6.07) is 20.1. The lowest BCUT2D eigenvalue weighted by Gasteiger charge is -2.03. The van der Waals surface area contributed by atoms with Crippen molar-refractivity contribution >= 4 is 17.4 Å². The van der Waals surface area contributed by atoms with E-state index in [0.29, 0.717) is 0 Å². The van der Waals surface area contributed by atoms with Crippen molar-refractivity contribution in [1.29, 1.82) is 5.41 Å². The van der Waals surface area contributed by atoms with Gasteiger partial charge in [0.05, 0.1) is 0 Å². The van der Waals surface area contributed by atoms with Gasteiger partial charge in [0.1, 0.15) is 0 Å². The summed E-state index contributed by atoms with van der Waals surface area (Å²) in [5.41, 5.74) is 10.5. The van der Waals surface area contributed by atoms with Crippen LogP contribution in [0.5, 0.6) is 0 Å². The molecule has 3 nitrogen and oxygen atoms in total. The molecule has 0 spiro atoms. The Hall–Kier alpha value is -3.01. The Kier molecular flexibility index (Phi) is 9.29. The summed E-state index contributed by atoms with van der Waals surface area (Å²) in [7, 11) is 0. The molecule has 138 valence electrons. The fourth-order valence-corrected chi connectivity index (χ4v) is 2.45. The Morgan fingerprint density at radius 3 is 2.22 bits per heavy atom. The van der Waals surface area contributed by atoms with Crippen LogP contribution in [-0.4, -0.2) is 19.3 Å². The van der Waals surface area contributed by atoms with Gasteiger partial charge in [-0.2, -0.15) is 0 Å². The van der Waals surface area contributed by atoms with Gasteiger partial charge in [-0.1, -0.05) is 97.6 Å². The Bertz CT molecular complexity index is 787. The van der Waals surface area contributed by atoms with E-state index in [1.807, 2.05) is 66.8 Å². The zero-order valence-electron chi connectivity index (χ0n) is 15.6. The molecule has 0 saturated carbocycles. The first-order valence-corrected chi connectivity index (χ1v) is 9.10. The van der Waals surface area contributed by atoms with Crippen LogP contribution in [0.25, 0.3) is 11.1 Å². The second-order valence-electron chi connectivity index (χ2n) is 5.95. The zero-order valence-corrected chi connectivity index (χ0v) is 15.6. The number of nitrogens with one attached hydrogen (secondary N) is 3. The van der Waals surface area contributed by atoms with E-state index in [-0.39, 0.29) is 0 Å². The zero-order chi connectivity index (χ0) is 19.2. The second kappa shape index (κ2) is 12.4. The van der Waals surface area contributed by atoms with Crippen molar-refractivity contribution in [2.75, 3.05) is 13.1 Å². The van der Waals surface area contributed by atoms with Crippen molar-refractivity contribution in [3.05, 3.63) is 109 Å². The van der Waals surface area contributed by atoms with Crippen LogP contribution in [0.15, 0.2) is 97.6 Å². The molecule has 0 atom stereocenters. The topological polar surface area (TPSA) is 47.9 Å². The minimum Gasteiger partial charge on any atom is -0.308 e. The minimum atomic E-state index is 0.719. The van der Waals surface area contributed by atoms with Crippen molar-refractivity contribution in [3.8, 4) is 0 Å². The van der Waals surface area contributed by atoms with Gasteiger partial charge < -0.3 is 5.41 Å². The smallest absolute Gasteiger partial charge is 0.0284 e. The molecule has 0 aliphatic rings. The predicted octanol–water partition coefficient (Wildman–Crippen LogP) is 5.03. The lowest BCUT2D eigenvalue weighted by molar-refractivity contribution is 0.573. The first-order valence-electron chi connectivity index (χ1n) is 9.10. The molecule has 0 aliphatic carbocycles. The van der Waals surface area contributed by atoms with Crippen molar-refractivity contribution in [3.63, 3.8) is 0 Å². The maximum absolute atomic E-state index is 7.53. The minimum absolute atomic E-state index is 0.719. The second-order valence-corrected chi connectivity index (χ2v) is 5.95.